The molecule has 0 fully saturated rings. The van der Waals surface area contributed by atoms with E-state index in [0.717, 1.165) is 11.3 Å². The molecule has 2 aromatic rings. The molecule has 6 nitrogen and oxygen atoms in total. The summed E-state index contributed by atoms with van der Waals surface area (Å²) in [5, 5.41) is 0. The smallest absolute Gasteiger partial charge is 0.212 e. The lowest BCUT2D eigenvalue weighted by atomic mass is 10.2. The molecule has 19 heavy (non-hydrogen) atoms. The SMILES string of the molecule is COCc1cc(N)nc(Cc2ccc(OC)nc2)n1. The van der Waals surface area contributed by atoms with Gasteiger partial charge in [-0.25, -0.2) is 15.0 Å². The van der Waals surface area contributed by atoms with Gasteiger partial charge in [-0.05, 0) is 5.56 Å². The maximum Gasteiger partial charge on any atom is 0.212 e. The van der Waals surface area contributed by atoms with Crippen molar-refractivity contribution in [3.8, 4) is 5.88 Å². The zero-order valence-corrected chi connectivity index (χ0v) is 11.0. The van der Waals surface area contributed by atoms with Crippen LogP contribution >= 0.6 is 0 Å². The summed E-state index contributed by atoms with van der Waals surface area (Å²) in [6.45, 7) is 0.417. The highest BCUT2D eigenvalue weighted by molar-refractivity contribution is 5.31. The molecule has 0 radical (unpaired) electrons. The number of aromatic nitrogens is 3. The average molecular weight is 260 g/mol. The van der Waals surface area contributed by atoms with E-state index in [-0.39, 0.29) is 0 Å². The Hall–Kier alpha value is -2.21. The Morgan fingerprint density at radius 1 is 1.21 bits per heavy atom. The van der Waals surface area contributed by atoms with Crippen LogP contribution < -0.4 is 10.5 Å². The van der Waals surface area contributed by atoms with Crippen LogP contribution in [0.2, 0.25) is 0 Å². The monoisotopic (exact) mass is 260 g/mol. The highest BCUT2D eigenvalue weighted by Crippen LogP contribution is 2.11. The quantitative estimate of drug-likeness (QED) is 0.869. The van der Waals surface area contributed by atoms with E-state index in [2.05, 4.69) is 15.0 Å². The van der Waals surface area contributed by atoms with Gasteiger partial charge in [-0.3, -0.25) is 0 Å². The molecular formula is C13H16N4O2. The number of hydrogen-bond donors (Lipinski definition) is 1. The van der Waals surface area contributed by atoms with Crippen LogP contribution in [0.3, 0.4) is 0 Å². The lowest BCUT2D eigenvalue weighted by molar-refractivity contribution is 0.181. The van der Waals surface area contributed by atoms with E-state index in [9.17, 15) is 0 Å². The average Bonchev–Trinajstić information content (AvgIpc) is 2.39. The van der Waals surface area contributed by atoms with E-state index >= 15 is 0 Å². The maximum absolute atomic E-state index is 5.75. The van der Waals surface area contributed by atoms with Gasteiger partial charge in [-0.1, -0.05) is 6.07 Å². The number of anilines is 1. The van der Waals surface area contributed by atoms with Crippen LogP contribution in [-0.4, -0.2) is 29.2 Å². The summed E-state index contributed by atoms with van der Waals surface area (Å²) in [5.41, 5.74) is 7.51. The summed E-state index contributed by atoms with van der Waals surface area (Å²) in [5.74, 6) is 1.68. The van der Waals surface area contributed by atoms with E-state index in [1.807, 2.05) is 6.07 Å². The number of methoxy groups -OCH3 is 2. The van der Waals surface area contributed by atoms with E-state index in [1.165, 1.54) is 0 Å². The Bertz CT molecular complexity index is 543. The van der Waals surface area contributed by atoms with Crippen LogP contribution in [0.4, 0.5) is 5.82 Å². The fourth-order valence-electron chi connectivity index (χ4n) is 1.69. The number of rotatable bonds is 5. The Kier molecular flexibility index (Phi) is 4.25. The van der Waals surface area contributed by atoms with Crippen molar-refractivity contribution < 1.29 is 9.47 Å². The first-order valence-corrected chi connectivity index (χ1v) is 5.81. The minimum Gasteiger partial charge on any atom is -0.481 e. The molecule has 2 rings (SSSR count). The van der Waals surface area contributed by atoms with E-state index in [1.54, 1.807) is 32.5 Å². The molecule has 0 saturated carbocycles. The van der Waals surface area contributed by atoms with Crippen LogP contribution in [0.15, 0.2) is 24.4 Å². The molecule has 0 amide bonds. The number of pyridine rings is 1. The summed E-state index contributed by atoms with van der Waals surface area (Å²) >= 11 is 0. The maximum atomic E-state index is 5.75. The van der Waals surface area contributed by atoms with Crippen LogP contribution in [0.5, 0.6) is 5.88 Å². The summed E-state index contributed by atoms with van der Waals surface area (Å²) in [6, 6.07) is 5.44. The van der Waals surface area contributed by atoms with Crippen LogP contribution in [0.1, 0.15) is 17.1 Å². The zero-order chi connectivity index (χ0) is 13.7. The molecule has 0 bridgehead atoms. The highest BCUT2D eigenvalue weighted by atomic mass is 16.5. The summed E-state index contributed by atoms with van der Waals surface area (Å²) in [7, 11) is 3.20. The third kappa shape index (κ3) is 3.62. The molecule has 100 valence electrons. The summed E-state index contributed by atoms with van der Waals surface area (Å²) in [4.78, 5) is 12.7. The van der Waals surface area contributed by atoms with Gasteiger partial charge in [0.1, 0.15) is 11.6 Å². The third-order valence-corrected chi connectivity index (χ3v) is 2.51. The van der Waals surface area contributed by atoms with Crippen LogP contribution in [0, 0.1) is 0 Å². The van der Waals surface area contributed by atoms with Crippen molar-refractivity contribution in [1.82, 2.24) is 15.0 Å². The van der Waals surface area contributed by atoms with Crippen molar-refractivity contribution in [2.45, 2.75) is 13.0 Å². The molecule has 2 heterocycles. The molecule has 0 unspecified atom stereocenters. The van der Waals surface area contributed by atoms with E-state index in [0.29, 0.717) is 30.5 Å². The van der Waals surface area contributed by atoms with Crippen molar-refractivity contribution in [3.63, 3.8) is 0 Å². The first kappa shape index (κ1) is 13.2. The molecule has 0 spiro atoms. The van der Waals surface area contributed by atoms with Gasteiger partial charge < -0.3 is 15.2 Å². The molecule has 0 aliphatic rings. The van der Waals surface area contributed by atoms with Crippen molar-refractivity contribution in [2.24, 2.45) is 0 Å². The lowest BCUT2D eigenvalue weighted by Gasteiger charge is -2.06. The molecule has 0 aromatic carbocycles. The molecule has 6 heteroatoms. The fourth-order valence-corrected chi connectivity index (χ4v) is 1.69. The second kappa shape index (κ2) is 6.10. The number of nitrogens with two attached hydrogens (primary N) is 1. The van der Waals surface area contributed by atoms with Gasteiger partial charge in [0, 0.05) is 31.9 Å². The molecule has 2 aromatic heterocycles. The number of nitrogens with zero attached hydrogens (tertiary/aromatic N) is 3. The van der Waals surface area contributed by atoms with Crippen molar-refractivity contribution in [1.29, 1.82) is 0 Å². The largest absolute Gasteiger partial charge is 0.481 e. The Morgan fingerprint density at radius 3 is 2.68 bits per heavy atom. The third-order valence-electron chi connectivity index (χ3n) is 2.51. The normalized spacial score (nSPS) is 10.4. The zero-order valence-electron chi connectivity index (χ0n) is 11.0. The summed E-state index contributed by atoms with van der Waals surface area (Å²) < 4.78 is 10.1. The van der Waals surface area contributed by atoms with Gasteiger partial charge in [0.25, 0.3) is 0 Å². The minimum atomic E-state index is 0.417. The van der Waals surface area contributed by atoms with E-state index < -0.39 is 0 Å². The molecule has 0 atom stereocenters. The number of ether oxygens (including phenoxy) is 2. The predicted octanol–water partition coefficient (Wildman–Crippen LogP) is 1.20. The van der Waals surface area contributed by atoms with Crippen LogP contribution in [0.25, 0.3) is 0 Å². The molecular weight excluding hydrogens is 244 g/mol. The molecule has 0 saturated heterocycles. The van der Waals surface area contributed by atoms with Gasteiger partial charge in [0.15, 0.2) is 0 Å². The summed E-state index contributed by atoms with van der Waals surface area (Å²) in [6.07, 6.45) is 2.31. The fraction of sp³-hybridized carbons (Fsp3) is 0.308. The van der Waals surface area contributed by atoms with Crippen molar-refractivity contribution in [2.75, 3.05) is 20.0 Å². The predicted molar refractivity (Wildman–Crippen MR) is 70.8 cm³/mol. The molecule has 0 aliphatic carbocycles. The molecule has 0 aliphatic heterocycles. The Morgan fingerprint density at radius 2 is 2.05 bits per heavy atom. The second-order valence-corrected chi connectivity index (χ2v) is 4.02. The van der Waals surface area contributed by atoms with Crippen molar-refractivity contribution in [3.05, 3.63) is 41.5 Å². The minimum absolute atomic E-state index is 0.417. The van der Waals surface area contributed by atoms with Gasteiger partial charge in [-0.2, -0.15) is 0 Å². The molecule has 2 N–H and O–H groups in total. The Balaban J connectivity index is 2.17. The van der Waals surface area contributed by atoms with Crippen molar-refractivity contribution >= 4 is 5.82 Å². The lowest BCUT2D eigenvalue weighted by Crippen LogP contribution is -2.05. The Labute approximate surface area is 111 Å². The van der Waals surface area contributed by atoms with Crippen LogP contribution in [-0.2, 0) is 17.8 Å². The number of nitrogen functional groups attached to an aromatic ring is 1. The first-order chi connectivity index (χ1) is 9.21. The highest BCUT2D eigenvalue weighted by Gasteiger charge is 2.05. The topological polar surface area (TPSA) is 83.2 Å². The number of hydrogen-bond acceptors (Lipinski definition) is 6. The van der Waals surface area contributed by atoms with Gasteiger partial charge in [0.05, 0.1) is 19.4 Å². The first-order valence-electron chi connectivity index (χ1n) is 5.81. The standard InChI is InChI=1S/C13H16N4O2/c1-18-8-10-6-11(14)17-12(16-10)5-9-3-4-13(19-2)15-7-9/h3-4,6-7H,5,8H2,1-2H3,(H2,14,16,17). The van der Waals surface area contributed by atoms with E-state index in [4.69, 9.17) is 15.2 Å². The van der Waals surface area contributed by atoms with Gasteiger partial charge in [-0.15, -0.1) is 0 Å². The van der Waals surface area contributed by atoms with Gasteiger partial charge >= 0.3 is 0 Å². The second-order valence-electron chi connectivity index (χ2n) is 4.02. The van der Waals surface area contributed by atoms with Gasteiger partial charge in [0.2, 0.25) is 5.88 Å².